The maximum Gasteiger partial charge on any atom is 0.244 e. The van der Waals surface area contributed by atoms with Gasteiger partial charge in [-0.1, -0.05) is 15.9 Å². The summed E-state index contributed by atoms with van der Waals surface area (Å²) in [5, 5.41) is 0.939. The highest BCUT2D eigenvalue weighted by molar-refractivity contribution is 9.11. The standard InChI is InChI=1S/C11H15Br2NO2S2/c1-8-10(6-11(13)17-8)18(15,16)14-5-3-9(7-14)2-4-12/h6,9H,2-5,7H2,1H3. The molecule has 1 aliphatic rings. The van der Waals surface area contributed by atoms with Crippen molar-refractivity contribution in [1.82, 2.24) is 4.31 Å². The van der Waals surface area contributed by atoms with Gasteiger partial charge >= 0.3 is 0 Å². The summed E-state index contributed by atoms with van der Waals surface area (Å²) in [6, 6.07) is 1.72. The maximum atomic E-state index is 12.5. The van der Waals surface area contributed by atoms with E-state index in [1.54, 1.807) is 10.4 Å². The molecule has 0 radical (unpaired) electrons. The van der Waals surface area contributed by atoms with Crippen molar-refractivity contribution < 1.29 is 8.42 Å². The molecule has 0 saturated carbocycles. The SMILES string of the molecule is Cc1sc(Br)cc1S(=O)(=O)N1CCC(CCBr)C1. The van der Waals surface area contributed by atoms with E-state index in [9.17, 15) is 8.42 Å². The minimum absolute atomic E-state index is 0.457. The molecule has 1 saturated heterocycles. The predicted octanol–water partition coefficient (Wildman–Crippen LogP) is 3.61. The second-order valence-electron chi connectivity index (χ2n) is 4.47. The number of hydrogen-bond acceptors (Lipinski definition) is 3. The van der Waals surface area contributed by atoms with Crippen LogP contribution in [0.15, 0.2) is 14.7 Å². The second-order valence-corrected chi connectivity index (χ2v) is 9.80. The van der Waals surface area contributed by atoms with Gasteiger partial charge in [-0.2, -0.15) is 4.31 Å². The van der Waals surface area contributed by atoms with Gasteiger partial charge in [-0.15, -0.1) is 11.3 Å². The Morgan fingerprint density at radius 3 is 2.83 bits per heavy atom. The second kappa shape index (κ2) is 5.91. The van der Waals surface area contributed by atoms with Crippen LogP contribution in [0.2, 0.25) is 0 Å². The van der Waals surface area contributed by atoms with Crippen molar-refractivity contribution in [2.45, 2.75) is 24.7 Å². The van der Waals surface area contributed by atoms with Gasteiger partial charge in [0.25, 0.3) is 0 Å². The molecule has 102 valence electrons. The van der Waals surface area contributed by atoms with Gasteiger partial charge in [-0.3, -0.25) is 0 Å². The third-order valence-electron chi connectivity index (χ3n) is 3.23. The van der Waals surface area contributed by atoms with Crippen LogP contribution >= 0.6 is 43.2 Å². The van der Waals surface area contributed by atoms with Gasteiger partial charge in [0.15, 0.2) is 0 Å². The number of sulfonamides is 1. The summed E-state index contributed by atoms with van der Waals surface area (Å²) in [4.78, 5) is 1.31. The lowest BCUT2D eigenvalue weighted by Gasteiger charge is -2.16. The topological polar surface area (TPSA) is 37.4 Å². The largest absolute Gasteiger partial charge is 0.244 e. The van der Waals surface area contributed by atoms with Crippen molar-refractivity contribution in [3.63, 3.8) is 0 Å². The lowest BCUT2D eigenvalue weighted by atomic mass is 10.1. The Labute approximate surface area is 129 Å². The van der Waals surface area contributed by atoms with E-state index in [1.807, 2.05) is 6.92 Å². The number of thiophene rings is 1. The molecule has 0 spiro atoms. The van der Waals surface area contributed by atoms with E-state index >= 15 is 0 Å². The van der Waals surface area contributed by atoms with E-state index in [-0.39, 0.29) is 0 Å². The number of alkyl halides is 1. The molecule has 18 heavy (non-hydrogen) atoms. The van der Waals surface area contributed by atoms with Gasteiger partial charge in [0.1, 0.15) is 0 Å². The molecule has 0 amide bonds. The van der Waals surface area contributed by atoms with Crippen LogP contribution in [0.3, 0.4) is 0 Å². The van der Waals surface area contributed by atoms with Gasteiger partial charge in [-0.05, 0) is 47.7 Å². The van der Waals surface area contributed by atoms with Crippen LogP contribution in [0, 0.1) is 12.8 Å². The summed E-state index contributed by atoms with van der Waals surface area (Å²) in [6.45, 7) is 3.15. The molecule has 0 aliphatic carbocycles. The molecule has 1 unspecified atom stereocenters. The minimum Gasteiger partial charge on any atom is -0.207 e. The van der Waals surface area contributed by atoms with E-state index < -0.39 is 10.0 Å². The van der Waals surface area contributed by atoms with Gasteiger partial charge in [0.2, 0.25) is 10.0 Å². The van der Waals surface area contributed by atoms with Gasteiger partial charge in [0.05, 0.1) is 8.68 Å². The highest BCUT2D eigenvalue weighted by Gasteiger charge is 2.33. The van der Waals surface area contributed by atoms with Crippen LogP contribution in [-0.4, -0.2) is 31.1 Å². The number of halogens is 2. The van der Waals surface area contributed by atoms with Crippen LogP contribution in [0.25, 0.3) is 0 Å². The lowest BCUT2D eigenvalue weighted by molar-refractivity contribution is 0.454. The Kier molecular flexibility index (Phi) is 4.91. The third kappa shape index (κ3) is 3.00. The molecule has 0 aromatic carbocycles. The Hall–Kier alpha value is 0.570. The van der Waals surface area contributed by atoms with E-state index in [2.05, 4.69) is 31.9 Å². The highest BCUT2D eigenvalue weighted by Crippen LogP contribution is 2.34. The molecule has 1 atom stereocenters. The average Bonchev–Trinajstić information content (AvgIpc) is 2.86. The first-order chi connectivity index (χ1) is 8.45. The minimum atomic E-state index is -3.30. The van der Waals surface area contributed by atoms with E-state index in [0.29, 0.717) is 23.9 Å². The highest BCUT2D eigenvalue weighted by atomic mass is 79.9. The first-order valence-electron chi connectivity index (χ1n) is 5.77. The molecular weight excluding hydrogens is 402 g/mol. The van der Waals surface area contributed by atoms with Gasteiger partial charge < -0.3 is 0 Å². The third-order valence-corrected chi connectivity index (χ3v) is 7.36. The van der Waals surface area contributed by atoms with Crippen molar-refractivity contribution in [3.05, 3.63) is 14.7 Å². The predicted molar refractivity (Wildman–Crippen MR) is 82.0 cm³/mol. The Bertz CT molecular complexity index is 527. The molecule has 1 fully saturated rings. The fourth-order valence-electron chi connectivity index (χ4n) is 2.23. The molecule has 3 nitrogen and oxygen atoms in total. The number of nitrogens with zero attached hydrogens (tertiary/aromatic N) is 1. The number of rotatable bonds is 4. The molecule has 2 heterocycles. The summed E-state index contributed by atoms with van der Waals surface area (Å²) in [5.74, 6) is 0.488. The van der Waals surface area contributed by atoms with Crippen LogP contribution in [0.1, 0.15) is 17.7 Å². The Morgan fingerprint density at radius 1 is 1.56 bits per heavy atom. The summed E-state index contributed by atoms with van der Waals surface area (Å²) < 4.78 is 27.5. The Balaban J connectivity index is 2.20. The van der Waals surface area contributed by atoms with Crippen molar-refractivity contribution >= 4 is 53.2 Å². The molecule has 1 aliphatic heterocycles. The van der Waals surface area contributed by atoms with Gasteiger partial charge in [0, 0.05) is 23.3 Å². The van der Waals surface area contributed by atoms with Crippen molar-refractivity contribution in [2.75, 3.05) is 18.4 Å². The molecule has 7 heteroatoms. The fraction of sp³-hybridized carbons (Fsp3) is 0.636. The lowest BCUT2D eigenvalue weighted by Crippen LogP contribution is -2.29. The van der Waals surface area contributed by atoms with E-state index in [0.717, 1.165) is 26.8 Å². The zero-order valence-electron chi connectivity index (χ0n) is 10.0. The fourth-order valence-corrected chi connectivity index (χ4v) is 6.79. The average molecular weight is 417 g/mol. The zero-order chi connectivity index (χ0) is 13.3. The number of hydrogen-bond donors (Lipinski definition) is 0. The van der Waals surface area contributed by atoms with E-state index in [1.165, 1.54) is 11.3 Å². The summed E-state index contributed by atoms with van der Waals surface area (Å²) in [5.41, 5.74) is 0. The van der Waals surface area contributed by atoms with Crippen LogP contribution in [0.4, 0.5) is 0 Å². The maximum absolute atomic E-state index is 12.5. The van der Waals surface area contributed by atoms with Crippen molar-refractivity contribution in [2.24, 2.45) is 5.92 Å². The smallest absolute Gasteiger partial charge is 0.207 e. The zero-order valence-corrected chi connectivity index (χ0v) is 14.8. The summed E-state index contributed by atoms with van der Waals surface area (Å²) >= 11 is 8.24. The van der Waals surface area contributed by atoms with Crippen LogP contribution in [0.5, 0.6) is 0 Å². The quantitative estimate of drug-likeness (QED) is 0.703. The van der Waals surface area contributed by atoms with E-state index in [4.69, 9.17) is 0 Å². The molecule has 1 aromatic heterocycles. The molecule has 1 aromatic rings. The Morgan fingerprint density at radius 2 is 2.28 bits per heavy atom. The molecular formula is C11H15Br2NO2S2. The first kappa shape index (κ1) is 15.0. The number of aryl methyl sites for hydroxylation is 1. The van der Waals surface area contributed by atoms with Crippen molar-refractivity contribution in [1.29, 1.82) is 0 Å². The first-order valence-corrected chi connectivity index (χ1v) is 9.94. The molecule has 0 N–H and O–H groups in total. The molecule has 0 bridgehead atoms. The van der Waals surface area contributed by atoms with Crippen LogP contribution < -0.4 is 0 Å². The van der Waals surface area contributed by atoms with Gasteiger partial charge in [-0.25, -0.2) is 8.42 Å². The summed E-state index contributed by atoms with van der Waals surface area (Å²) in [7, 11) is -3.30. The van der Waals surface area contributed by atoms with Crippen molar-refractivity contribution in [3.8, 4) is 0 Å². The summed E-state index contributed by atoms with van der Waals surface area (Å²) in [6.07, 6.45) is 2.01. The monoisotopic (exact) mass is 415 g/mol. The normalized spacial score (nSPS) is 21.6. The molecule has 2 rings (SSSR count). The van der Waals surface area contributed by atoms with Crippen LogP contribution in [-0.2, 0) is 10.0 Å².